The molecule has 0 bridgehead atoms. The average Bonchev–Trinajstić information content (AvgIpc) is 3.03. The lowest BCUT2D eigenvalue weighted by atomic mass is 10.1. The summed E-state index contributed by atoms with van der Waals surface area (Å²) in [6.07, 6.45) is 0.320. The maximum atomic E-state index is 12.1. The van der Waals surface area contributed by atoms with E-state index < -0.39 is 0 Å². The van der Waals surface area contributed by atoms with Crippen molar-refractivity contribution in [2.45, 2.75) is 17.1 Å². The maximum absolute atomic E-state index is 12.1. The SMILES string of the molecule is O=C(Cc1ccc(Br)cc1)Nc1nnc(CSc2ccccc2)s1. The van der Waals surface area contributed by atoms with E-state index in [-0.39, 0.29) is 5.91 Å². The Kier molecular flexibility index (Phi) is 6.01. The molecule has 0 aliphatic heterocycles. The van der Waals surface area contributed by atoms with E-state index in [2.05, 4.69) is 43.6 Å². The van der Waals surface area contributed by atoms with Gasteiger partial charge < -0.3 is 5.32 Å². The molecule has 0 aliphatic carbocycles. The number of hydrogen-bond donors (Lipinski definition) is 1. The largest absolute Gasteiger partial charge is 0.300 e. The Balaban J connectivity index is 1.51. The number of thioether (sulfide) groups is 1. The number of anilines is 1. The molecular weight excluding hydrogens is 406 g/mol. The fourth-order valence-corrected chi connectivity index (χ4v) is 3.90. The predicted octanol–water partition coefficient (Wildman–Crippen LogP) is 4.77. The first-order chi connectivity index (χ1) is 11.7. The van der Waals surface area contributed by atoms with Gasteiger partial charge >= 0.3 is 0 Å². The molecule has 0 unspecified atom stereocenters. The highest BCUT2D eigenvalue weighted by molar-refractivity contribution is 9.10. The number of carbonyl (C=O) groups is 1. The molecule has 2 aromatic carbocycles. The van der Waals surface area contributed by atoms with Gasteiger partial charge in [-0.15, -0.1) is 22.0 Å². The zero-order valence-electron chi connectivity index (χ0n) is 12.6. The quantitative estimate of drug-likeness (QED) is 0.584. The number of hydrogen-bond acceptors (Lipinski definition) is 5. The highest BCUT2D eigenvalue weighted by atomic mass is 79.9. The summed E-state index contributed by atoms with van der Waals surface area (Å²) < 4.78 is 0.997. The smallest absolute Gasteiger partial charge is 0.230 e. The fraction of sp³-hybridized carbons (Fsp3) is 0.118. The van der Waals surface area contributed by atoms with Crippen LogP contribution in [0.3, 0.4) is 0 Å². The van der Waals surface area contributed by atoms with Crippen LogP contribution in [0.25, 0.3) is 0 Å². The van der Waals surface area contributed by atoms with Crippen molar-refractivity contribution in [1.82, 2.24) is 10.2 Å². The van der Waals surface area contributed by atoms with Crippen molar-refractivity contribution in [2.75, 3.05) is 5.32 Å². The third-order valence-corrected chi connectivity index (χ3v) is 5.67. The van der Waals surface area contributed by atoms with Crippen LogP contribution in [0.15, 0.2) is 64.0 Å². The minimum Gasteiger partial charge on any atom is -0.300 e. The number of benzene rings is 2. The highest BCUT2D eigenvalue weighted by Crippen LogP contribution is 2.25. The zero-order chi connectivity index (χ0) is 16.8. The van der Waals surface area contributed by atoms with Gasteiger partial charge in [-0.25, -0.2) is 0 Å². The van der Waals surface area contributed by atoms with Crippen molar-refractivity contribution in [3.05, 3.63) is 69.6 Å². The molecule has 1 amide bonds. The number of nitrogens with zero attached hydrogens (tertiary/aromatic N) is 2. The molecule has 0 saturated carbocycles. The first-order valence-electron chi connectivity index (χ1n) is 7.23. The van der Waals surface area contributed by atoms with Gasteiger partial charge in [0.2, 0.25) is 11.0 Å². The van der Waals surface area contributed by atoms with Crippen LogP contribution < -0.4 is 5.32 Å². The van der Waals surface area contributed by atoms with Crippen molar-refractivity contribution in [1.29, 1.82) is 0 Å². The van der Waals surface area contributed by atoms with Gasteiger partial charge in [-0.3, -0.25) is 4.79 Å². The standard InChI is InChI=1S/C17H14BrN3OS2/c18-13-8-6-12(7-9-13)10-15(22)19-17-21-20-16(24-17)11-23-14-4-2-1-3-5-14/h1-9H,10-11H2,(H,19,21,22). The van der Waals surface area contributed by atoms with E-state index in [1.54, 1.807) is 11.8 Å². The molecule has 1 N–H and O–H groups in total. The van der Waals surface area contributed by atoms with Crippen molar-refractivity contribution >= 4 is 50.1 Å². The van der Waals surface area contributed by atoms with Gasteiger partial charge in [0.25, 0.3) is 0 Å². The summed E-state index contributed by atoms with van der Waals surface area (Å²) >= 11 is 6.49. The molecule has 122 valence electrons. The van der Waals surface area contributed by atoms with E-state index in [0.29, 0.717) is 11.6 Å². The molecule has 0 fully saturated rings. The summed E-state index contributed by atoms with van der Waals surface area (Å²) in [7, 11) is 0. The summed E-state index contributed by atoms with van der Waals surface area (Å²) in [6, 6.07) is 17.8. The molecule has 0 saturated heterocycles. The number of halogens is 1. The predicted molar refractivity (Wildman–Crippen MR) is 102 cm³/mol. The van der Waals surface area contributed by atoms with Crippen molar-refractivity contribution in [2.24, 2.45) is 0 Å². The van der Waals surface area contributed by atoms with E-state index >= 15 is 0 Å². The second-order valence-corrected chi connectivity index (χ2v) is 7.98. The molecule has 24 heavy (non-hydrogen) atoms. The number of carbonyl (C=O) groups excluding carboxylic acids is 1. The molecule has 1 aromatic heterocycles. The fourth-order valence-electron chi connectivity index (χ4n) is 1.98. The van der Waals surface area contributed by atoms with Gasteiger partial charge in [0.1, 0.15) is 5.01 Å². The first-order valence-corrected chi connectivity index (χ1v) is 9.83. The monoisotopic (exact) mass is 419 g/mol. The lowest BCUT2D eigenvalue weighted by molar-refractivity contribution is -0.115. The Morgan fingerprint density at radius 2 is 1.83 bits per heavy atom. The third-order valence-electron chi connectivity index (χ3n) is 3.10. The van der Waals surface area contributed by atoms with E-state index in [1.165, 1.54) is 16.2 Å². The summed E-state index contributed by atoms with van der Waals surface area (Å²) in [5.41, 5.74) is 0.958. The van der Waals surface area contributed by atoms with E-state index in [1.807, 2.05) is 42.5 Å². The minimum absolute atomic E-state index is 0.0873. The Morgan fingerprint density at radius 1 is 1.08 bits per heavy atom. The van der Waals surface area contributed by atoms with Gasteiger partial charge in [-0.2, -0.15) is 0 Å². The molecule has 4 nitrogen and oxygen atoms in total. The van der Waals surface area contributed by atoms with Crippen LogP contribution in [-0.2, 0) is 17.0 Å². The van der Waals surface area contributed by atoms with Gasteiger partial charge in [0.15, 0.2) is 0 Å². The first kappa shape index (κ1) is 17.1. The molecule has 7 heteroatoms. The molecular formula is C17H14BrN3OS2. The van der Waals surface area contributed by atoms with Crippen LogP contribution >= 0.6 is 39.0 Å². The van der Waals surface area contributed by atoms with E-state index in [4.69, 9.17) is 0 Å². The normalized spacial score (nSPS) is 10.5. The second-order valence-electron chi connectivity index (χ2n) is 4.95. The Hall–Kier alpha value is -1.70. The molecule has 3 rings (SSSR count). The molecule has 1 heterocycles. The number of amides is 1. The summed E-state index contributed by atoms with van der Waals surface area (Å²) in [5.74, 6) is 0.653. The number of rotatable bonds is 6. The van der Waals surface area contributed by atoms with Crippen LogP contribution in [0.5, 0.6) is 0 Å². The van der Waals surface area contributed by atoms with Crippen molar-refractivity contribution in [3.8, 4) is 0 Å². The molecule has 0 radical (unpaired) electrons. The van der Waals surface area contributed by atoms with Crippen LogP contribution in [0, 0.1) is 0 Å². The molecule has 0 spiro atoms. The maximum Gasteiger partial charge on any atom is 0.230 e. The van der Waals surface area contributed by atoms with Crippen LogP contribution in [0.4, 0.5) is 5.13 Å². The van der Waals surface area contributed by atoms with Crippen molar-refractivity contribution < 1.29 is 4.79 Å². The van der Waals surface area contributed by atoms with E-state index in [9.17, 15) is 4.79 Å². The third kappa shape index (κ3) is 5.15. The van der Waals surface area contributed by atoms with Gasteiger partial charge in [-0.1, -0.05) is 57.6 Å². The van der Waals surface area contributed by atoms with Crippen LogP contribution in [0.2, 0.25) is 0 Å². The Morgan fingerprint density at radius 3 is 2.58 bits per heavy atom. The lowest BCUT2D eigenvalue weighted by Crippen LogP contribution is -2.14. The lowest BCUT2D eigenvalue weighted by Gasteiger charge is -2.01. The molecule has 0 aliphatic rings. The topological polar surface area (TPSA) is 54.9 Å². The van der Waals surface area contributed by atoms with Crippen LogP contribution in [-0.4, -0.2) is 16.1 Å². The average molecular weight is 420 g/mol. The number of nitrogens with one attached hydrogen (secondary N) is 1. The minimum atomic E-state index is -0.0873. The Bertz CT molecular complexity index is 806. The summed E-state index contributed by atoms with van der Waals surface area (Å²) in [4.78, 5) is 13.3. The van der Waals surface area contributed by atoms with Crippen molar-refractivity contribution in [3.63, 3.8) is 0 Å². The van der Waals surface area contributed by atoms with Crippen LogP contribution in [0.1, 0.15) is 10.6 Å². The highest BCUT2D eigenvalue weighted by Gasteiger charge is 2.09. The second kappa shape index (κ2) is 8.41. The summed E-state index contributed by atoms with van der Waals surface area (Å²) in [6.45, 7) is 0. The Labute approximate surface area is 156 Å². The molecule has 0 atom stereocenters. The van der Waals surface area contributed by atoms with Gasteiger partial charge in [0, 0.05) is 9.37 Å². The van der Waals surface area contributed by atoms with Gasteiger partial charge in [-0.05, 0) is 29.8 Å². The zero-order valence-corrected chi connectivity index (χ0v) is 15.8. The van der Waals surface area contributed by atoms with E-state index in [0.717, 1.165) is 20.8 Å². The number of aromatic nitrogens is 2. The van der Waals surface area contributed by atoms with Gasteiger partial charge in [0.05, 0.1) is 12.2 Å². The molecule has 3 aromatic rings. The summed E-state index contributed by atoms with van der Waals surface area (Å²) in [5, 5.41) is 12.4.